The lowest BCUT2D eigenvalue weighted by atomic mass is 9.98. The molecule has 1 heterocycles. The Morgan fingerprint density at radius 2 is 2.53 bits per heavy atom. The predicted molar refractivity (Wildman–Crippen MR) is 61.6 cm³/mol. The van der Waals surface area contributed by atoms with Crippen LogP contribution in [0.5, 0.6) is 0 Å². The van der Waals surface area contributed by atoms with E-state index in [0.717, 1.165) is 37.8 Å². The summed E-state index contributed by atoms with van der Waals surface area (Å²) < 4.78 is 0. The number of aldehydes is 1. The second kappa shape index (κ2) is 4.86. The van der Waals surface area contributed by atoms with E-state index < -0.39 is 0 Å². The smallest absolute Gasteiger partial charge is 0.178 e. The van der Waals surface area contributed by atoms with Gasteiger partial charge >= 0.3 is 0 Å². The normalized spacial score (nSPS) is 19.9. The summed E-state index contributed by atoms with van der Waals surface area (Å²) in [6.07, 6.45) is 5.24. The van der Waals surface area contributed by atoms with Crippen LogP contribution in [-0.4, -0.2) is 23.9 Å². The standard InChI is InChI=1S/C11H16N2OS/c1-2-5-12-8-3-4-9-10(6-8)15-11(7-14)13-9/h7-8,12H,2-6H2,1H3. The van der Waals surface area contributed by atoms with Crippen LogP contribution >= 0.6 is 11.3 Å². The van der Waals surface area contributed by atoms with Crippen molar-refractivity contribution >= 4 is 17.6 Å². The number of thiazole rings is 1. The molecule has 1 aromatic heterocycles. The van der Waals surface area contributed by atoms with E-state index in [2.05, 4.69) is 17.2 Å². The molecule has 0 aromatic carbocycles. The molecule has 0 fully saturated rings. The quantitative estimate of drug-likeness (QED) is 0.793. The molecule has 2 rings (SSSR count). The molecule has 1 unspecified atom stereocenters. The molecule has 3 nitrogen and oxygen atoms in total. The Morgan fingerprint density at radius 3 is 3.27 bits per heavy atom. The van der Waals surface area contributed by atoms with Crippen molar-refractivity contribution in [1.82, 2.24) is 10.3 Å². The summed E-state index contributed by atoms with van der Waals surface area (Å²) in [7, 11) is 0. The van der Waals surface area contributed by atoms with Gasteiger partial charge in [0.2, 0.25) is 0 Å². The molecule has 1 atom stereocenters. The van der Waals surface area contributed by atoms with Crippen LogP contribution < -0.4 is 5.32 Å². The Labute approximate surface area is 93.9 Å². The van der Waals surface area contributed by atoms with Gasteiger partial charge in [-0.2, -0.15) is 0 Å². The van der Waals surface area contributed by atoms with Gasteiger partial charge in [-0.3, -0.25) is 4.79 Å². The summed E-state index contributed by atoms with van der Waals surface area (Å²) in [5.74, 6) is 0. The van der Waals surface area contributed by atoms with Crippen molar-refractivity contribution in [1.29, 1.82) is 0 Å². The van der Waals surface area contributed by atoms with Gasteiger partial charge < -0.3 is 5.32 Å². The zero-order valence-corrected chi connectivity index (χ0v) is 9.77. The molecule has 0 amide bonds. The SMILES string of the molecule is CCCNC1CCc2nc(C=O)sc2C1. The van der Waals surface area contributed by atoms with E-state index in [1.807, 2.05) is 0 Å². The summed E-state index contributed by atoms with van der Waals surface area (Å²) in [5, 5.41) is 4.17. The molecule has 4 heteroatoms. The second-order valence-corrected chi connectivity index (χ2v) is 5.05. The highest BCUT2D eigenvalue weighted by Crippen LogP contribution is 2.26. The Bertz CT molecular complexity index is 348. The maximum absolute atomic E-state index is 10.6. The maximum Gasteiger partial charge on any atom is 0.178 e. The zero-order valence-electron chi connectivity index (χ0n) is 8.95. The predicted octanol–water partition coefficient (Wildman–Crippen LogP) is 1.81. The third kappa shape index (κ3) is 2.44. The van der Waals surface area contributed by atoms with Gasteiger partial charge in [-0.1, -0.05) is 6.92 Å². The number of aryl methyl sites for hydroxylation is 1. The molecule has 0 aliphatic heterocycles. The molecule has 0 radical (unpaired) electrons. The molecule has 0 saturated heterocycles. The molecule has 0 bridgehead atoms. The van der Waals surface area contributed by atoms with E-state index in [4.69, 9.17) is 0 Å². The van der Waals surface area contributed by atoms with Crippen molar-refractivity contribution in [2.24, 2.45) is 0 Å². The van der Waals surface area contributed by atoms with Crippen LogP contribution in [0.25, 0.3) is 0 Å². The maximum atomic E-state index is 10.6. The van der Waals surface area contributed by atoms with E-state index in [1.165, 1.54) is 11.3 Å². The number of nitrogens with zero attached hydrogens (tertiary/aromatic N) is 1. The van der Waals surface area contributed by atoms with E-state index in [1.54, 1.807) is 11.3 Å². The first-order valence-corrected chi connectivity index (χ1v) is 6.32. The number of rotatable bonds is 4. The Balaban J connectivity index is 2.02. The number of carbonyl (C=O) groups excluding carboxylic acids is 1. The number of aromatic nitrogens is 1. The minimum atomic E-state index is 0.581. The van der Waals surface area contributed by atoms with Gasteiger partial charge in [0.05, 0.1) is 5.69 Å². The molecule has 1 aliphatic carbocycles. The Kier molecular flexibility index (Phi) is 3.49. The van der Waals surface area contributed by atoms with Crippen molar-refractivity contribution in [3.8, 4) is 0 Å². The van der Waals surface area contributed by atoms with Crippen LogP contribution in [-0.2, 0) is 12.8 Å². The average molecular weight is 224 g/mol. The van der Waals surface area contributed by atoms with Crippen LogP contribution in [0.4, 0.5) is 0 Å². The Hall–Kier alpha value is -0.740. The molecule has 1 aromatic rings. The summed E-state index contributed by atoms with van der Waals surface area (Å²) in [6, 6.07) is 0.581. The fourth-order valence-electron chi connectivity index (χ4n) is 1.97. The van der Waals surface area contributed by atoms with Gasteiger partial charge in [0.15, 0.2) is 11.3 Å². The highest BCUT2D eigenvalue weighted by molar-refractivity contribution is 7.13. The lowest BCUT2D eigenvalue weighted by Crippen LogP contribution is -2.34. The van der Waals surface area contributed by atoms with Crippen LogP contribution in [0, 0.1) is 0 Å². The number of hydrogen-bond acceptors (Lipinski definition) is 4. The van der Waals surface area contributed by atoms with E-state index in [-0.39, 0.29) is 0 Å². The molecule has 15 heavy (non-hydrogen) atoms. The van der Waals surface area contributed by atoms with Gasteiger partial charge in [-0.05, 0) is 32.2 Å². The van der Waals surface area contributed by atoms with E-state index in [9.17, 15) is 4.79 Å². The summed E-state index contributed by atoms with van der Waals surface area (Å²) in [6.45, 7) is 3.26. The van der Waals surface area contributed by atoms with E-state index >= 15 is 0 Å². The highest BCUT2D eigenvalue weighted by atomic mass is 32.1. The largest absolute Gasteiger partial charge is 0.314 e. The minimum Gasteiger partial charge on any atom is -0.314 e. The van der Waals surface area contributed by atoms with Crippen LogP contribution in [0.1, 0.15) is 40.1 Å². The first kappa shape index (κ1) is 10.8. The monoisotopic (exact) mass is 224 g/mol. The second-order valence-electron chi connectivity index (χ2n) is 3.93. The first-order chi connectivity index (χ1) is 7.33. The fourth-order valence-corrected chi connectivity index (χ4v) is 2.97. The van der Waals surface area contributed by atoms with Crippen LogP contribution in [0.15, 0.2) is 0 Å². The molecule has 1 aliphatic rings. The molecule has 0 spiro atoms. The number of carbonyl (C=O) groups is 1. The average Bonchev–Trinajstić information content (AvgIpc) is 2.68. The lowest BCUT2D eigenvalue weighted by molar-refractivity contribution is 0.112. The van der Waals surface area contributed by atoms with Gasteiger partial charge in [-0.25, -0.2) is 4.98 Å². The topological polar surface area (TPSA) is 42.0 Å². The zero-order chi connectivity index (χ0) is 10.7. The fraction of sp³-hybridized carbons (Fsp3) is 0.636. The number of hydrogen-bond donors (Lipinski definition) is 1. The van der Waals surface area contributed by atoms with Gasteiger partial charge in [0.1, 0.15) is 0 Å². The van der Waals surface area contributed by atoms with Crippen molar-refractivity contribution in [3.05, 3.63) is 15.6 Å². The third-order valence-corrected chi connectivity index (χ3v) is 3.79. The first-order valence-electron chi connectivity index (χ1n) is 5.50. The molecular weight excluding hydrogens is 208 g/mol. The minimum absolute atomic E-state index is 0.581. The van der Waals surface area contributed by atoms with Crippen molar-refractivity contribution in [3.63, 3.8) is 0 Å². The molecule has 82 valence electrons. The van der Waals surface area contributed by atoms with Gasteiger partial charge in [0.25, 0.3) is 0 Å². The van der Waals surface area contributed by atoms with Crippen molar-refractivity contribution in [2.45, 2.75) is 38.6 Å². The summed E-state index contributed by atoms with van der Waals surface area (Å²) in [5.41, 5.74) is 1.15. The number of fused-ring (bicyclic) bond motifs is 1. The molecule has 0 saturated carbocycles. The Morgan fingerprint density at radius 1 is 1.67 bits per heavy atom. The van der Waals surface area contributed by atoms with Crippen LogP contribution in [0.2, 0.25) is 0 Å². The summed E-state index contributed by atoms with van der Waals surface area (Å²) >= 11 is 1.55. The molecular formula is C11H16N2OS. The lowest BCUT2D eigenvalue weighted by Gasteiger charge is -2.22. The van der Waals surface area contributed by atoms with Crippen LogP contribution in [0.3, 0.4) is 0 Å². The van der Waals surface area contributed by atoms with Crippen molar-refractivity contribution < 1.29 is 4.79 Å². The van der Waals surface area contributed by atoms with Gasteiger partial charge in [-0.15, -0.1) is 11.3 Å². The highest BCUT2D eigenvalue weighted by Gasteiger charge is 2.21. The van der Waals surface area contributed by atoms with Crippen molar-refractivity contribution in [2.75, 3.05) is 6.54 Å². The number of nitrogens with one attached hydrogen (secondary N) is 1. The van der Waals surface area contributed by atoms with E-state index in [0.29, 0.717) is 11.0 Å². The summed E-state index contributed by atoms with van der Waals surface area (Å²) in [4.78, 5) is 16.2. The molecule has 1 N–H and O–H groups in total. The van der Waals surface area contributed by atoms with Gasteiger partial charge in [0, 0.05) is 10.9 Å². The third-order valence-electron chi connectivity index (χ3n) is 2.74.